The van der Waals surface area contributed by atoms with E-state index in [1.165, 1.54) is 30.1 Å². The van der Waals surface area contributed by atoms with Crippen LogP contribution in [0.15, 0.2) is 96.2 Å². The minimum absolute atomic E-state index is 0.0343. The molecule has 0 saturated carbocycles. The van der Waals surface area contributed by atoms with E-state index in [0.717, 1.165) is 17.2 Å². The van der Waals surface area contributed by atoms with Gasteiger partial charge in [-0.3, -0.25) is 9.69 Å². The van der Waals surface area contributed by atoms with Crippen LogP contribution in [0.25, 0.3) is 0 Å². The third-order valence-electron chi connectivity index (χ3n) is 7.10. The van der Waals surface area contributed by atoms with Crippen LogP contribution in [0.1, 0.15) is 40.6 Å². The molecular formula is C29H26F3N3O2. The van der Waals surface area contributed by atoms with Crippen LogP contribution in [-0.4, -0.2) is 41.9 Å². The molecule has 37 heavy (non-hydrogen) atoms. The van der Waals surface area contributed by atoms with Crippen LogP contribution in [0.3, 0.4) is 0 Å². The Balaban J connectivity index is 1.44. The molecule has 190 valence electrons. The van der Waals surface area contributed by atoms with Crippen LogP contribution in [-0.2, 0) is 11.0 Å². The molecule has 2 aliphatic heterocycles. The van der Waals surface area contributed by atoms with Gasteiger partial charge in [0.25, 0.3) is 5.91 Å². The summed E-state index contributed by atoms with van der Waals surface area (Å²) < 4.78 is 41.4. The lowest BCUT2D eigenvalue weighted by Crippen LogP contribution is -2.45. The van der Waals surface area contributed by atoms with Gasteiger partial charge in [-0.25, -0.2) is 4.79 Å². The normalized spacial score (nSPS) is 17.9. The smallest absolute Gasteiger partial charge is 0.333 e. The van der Waals surface area contributed by atoms with E-state index >= 15 is 0 Å². The van der Waals surface area contributed by atoms with Crippen molar-refractivity contribution in [2.45, 2.75) is 24.6 Å². The standard InChI is InChI=1S/C29H26F3N3O2/c1-34-24-18-35(17-16-21(19-10-4-2-5-11-19)20-12-6-3-7-13-20)27(36)25(24)26(33-28(34)37)22-14-8-9-15-23(22)29(30,31)32/h2-15,21,26H,16-18H2,1H3,(H,33,37)/t26-/m1/s1. The van der Waals surface area contributed by atoms with Crippen molar-refractivity contribution in [1.29, 1.82) is 0 Å². The van der Waals surface area contributed by atoms with Crippen molar-refractivity contribution in [1.82, 2.24) is 15.1 Å². The zero-order valence-electron chi connectivity index (χ0n) is 20.2. The quantitative estimate of drug-likeness (QED) is 0.466. The molecule has 0 saturated heterocycles. The van der Waals surface area contributed by atoms with Gasteiger partial charge in [0.2, 0.25) is 0 Å². The Hall–Kier alpha value is -4.07. The van der Waals surface area contributed by atoms with E-state index in [2.05, 4.69) is 5.32 Å². The summed E-state index contributed by atoms with van der Waals surface area (Å²) in [5.41, 5.74) is 1.86. The second-order valence-corrected chi connectivity index (χ2v) is 9.28. The van der Waals surface area contributed by atoms with Crippen molar-refractivity contribution in [3.63, 3.8) is 0 Å². The number of carbonyl (C=O) groups is 2. The predicted molar refractivity (Wildman–Crippen MR) is 133 cm³/mol. The third-order valence-corrected chi connectivity index (χ3v) is 7.10. The average molecular weight is 506 g/mol. The van der Waals surface area contributed by atoms with E-state index in [0.29, 0.717) is 18.7 Å². The van der Waals surface area contributed by atoms with E-state index in [-0.39, 0.29) is 29.5 Å². The largest absolute Gasteiger partial charge is 0.416 e. The number of carbonyl (C=O) groups excluding carboxylic acids is 2. The first kappa shape index (κ1) is 24.6. The monoisotopic (exact) mass is 505 g/mol. The summed E-state index contributed by atoms with van der Waals surface area (Å²) in [4.78, 5) is 29.3. The second-order valence-electron chi connectivity index (χ2n) is 9.28. The Bertz CT molecular complexity index is 1300. The molecule has 0 fully saturated rings. The number of halogens is 3. The average Bonchev–Trinajstić information content (AvgIpc) is 3.23. The van der Waals surface area contributed by atoms with E-state index in [1.54, 1.807) is 4.90 Å². The molecule has 0 unspecified atom stereocenters. The van der Waals surface area contributed by atoms with Gasteiger partial charge in [-0.1, -0.05) is 78.9 Å². The third kappa shape index (κ3) is 4.71. The molecule has 8 heteroatoms. The van der Waals surface area contributed by atoms with E-state index in [4.69, 9.17) is 0 Å². The maximum atomic E-state index is 13.8. The van der Waals surface area contributed by atoms with Gasteiger partial charge < -0.3 is 10.2 Å². The minimum Gasteiger partial charge on any atom is -0.333 e. The highest BCUT2D eigenvalue weighted by molar-refractivity contribution is 6.01. The molecule has 0 spiro atoms. The fourth-order valence-electron chi connectivity index (χ4n) is 5.23. The second kappa shape index (κ2) is 9.76. The van der Waals surface area contributed by atoms with E-state index < -0.39 is 23.8 Å². The number of benzene rings is 3. The molecule has 0 aromatic heterocycles. The Morgan fingerprint density at radius 1 is 0.892 bits per heavy atom. The topological polar surface area (TPSA) is 52.7 Å². The Kier molecular flexibility index (Phi) is 6.50. The van der Waals surface area contributed by atoms with Crippen molar-refractivity contribution in [3.8, 4) is 0 Å². The summed E-state index contributed by atoms with van der Waals surface area (Å²) in [5.74, 6) is -0.323. The number of amides is 3. The summed E-state index contributed by atoms with van der Waals surface area (Å²) in [6, 6.07) is 23.4. The highest BCUT2D eigenvalue weighted by Gasteiger charge is 2.45. The van der Waals surface area contributed by atoms with Crippen LogP contribution in [0.4, 0.5) is 18.0 Å². The molecule has 3 aromatic rings. The molecule has 0 bridgehead atoms. The van der Waals surface area contributed by atoms with Crippen LogP contribution in [0.5, 0.6) is 0 Å². The summed E-state index contributed by atoms with van der Waals surface area (Å²) >= 11 is 0. The molecule has 2 heterocycles. The fourth-order valence-corrected chi connectivity index (χ4v) is 5.23. The number of urea groups is 1. The number of nitrogens with one attached hydrogen (secondary N) is 1. The van der Waals surface area contributed by atoms with Crippen molar-refractivity contribution in [2.75, 3.05) is 20.1 Å². The van der Waals surface area contributed by atoms with Gasteiger partial charge in [-0.15, -0.1) is 0 Å². The predicted octanol–water partition coefficient (Wildman–Crippen LogP) is 5.72. The van der Waals surface area contributed by atoms with Gasteiger partial charge in [0.05, 0.1) is 29.4 Å². The number of likely N-dealkylation sites (N-methyl/N-ethyl adjacent to an activating group) is 1. The SMILES string of the molecule is CN1C(=O)N[C@H](c2ccccc2C(F)(F)F)C2=C1CN(CCC(c1ccccc1)c1ccccc1)C2=O. The molecule has 1 atom stereocenters. The number of hydrogen-bond acceptors (Lipinski definition) is 2. The Morgan fingerprint density at radius 2 is 1.46 bits per heavy atom. The lowest BCUT2D eigenvalue weighted by atomic mass is 9.88. The number of hydrogen-bond donors (Lipinski definition) is 1. The molecule has 5 rings (SSSR count). The maximum absolute atomic E-state index is 13.8. The molecule has 5 nitrogen and oxygen atoms in total. The first-order valence-corrected chi connectivity index (χ1v) is 12.1. The van der Waals surface area contributed by atoms with Crippen molar-refractivity contribution >= 4 is 11.9 Å². The molecule has 0 aliphatic carbocycles. The highest BCUT2D eigenvalue weighted by Crippen LogP contribution is 2.41. The summed E-state index contributed by atoms with van der Waals surface area (Å²) in [5, 5.41) is 2.62. The highest BCUT2D eigenvalue weighted by atomic mass is 19.4. The van der Waals surface area contributed by atoms with Crippen LogP contribution in [0.2, 0.25) is 0 Å². The first-order chi connectivity index (χ1) is 17.8. The van der Waals surface area contributed by atoms with E-state index in [1.807, 2.05) is 60.7 Å². The number of rotatable bonds is 6. The van der Waals surface area contributed by atoms with Crippen molar-refractivity contribution in [2.24, 2.45) is 0 Å². The molecular weight excluding hydrogens is 479 g/mol. The van der Waals surface area contributed by atoms with Gasteiger partial charge >= 0.3 is 12.2 Å². The van der Waals surface area contributed by atoms with Crippen molar-refractivity contribution < 1.29 is 22.8 Å². The van der Waals surface area contributed by atoms with Crippen LogP contribution < -0.4 is 5.32 Å². The molecule has 2 aliphatic rings. The molecule has 1 N–H and O–H groups in total. The maximum Gasteiger partial charge on any atom is 0.416 e. The number of alkyl halides is 3. The Labute approximate surface area is 213 Å². The zero-order valence-corrected chi connectivity index (χ0v) is 20.2. The van der Waals surface area contributed by atoms with Gasteiger partial charge in [0.15, 0.2) is 0 Å². The molecule has 3 amide bonds. The minimum atomic E-state index is -4.62. The summed E-state index contributed by atoms with van der Waals surface area (Å²) in [7, 11) is 1.53. The van der Waals surface area contributed by atoms with Gasteiger partial charge in [0.1, 0.15) is 0 Å². The van der Waals surface area contributed by atoms with Gasteiger partial charge in [0, 0.05) is 19.5 Å². The fraction of sp³-hybridized carbons (Fsp3) is 0.241. The van der Waals surface area contributed by atoms with E-state index in [9.17, 15) is 22.8 Å². The van der Waals surface area contributed by atoms with Crippen molar-refractivity contribution in [3.05, 3.63) is 118 Å². The van der Waals surface area contributed by atoms with Gasteiger partial charge in [-0.05, 0) is 29.2 Å². The number of nitrogens with zero attached hydrogens (tertiary/aromatic N) is 2. The summed E-state index contributed by atoms with van der Waals surface area (Å²) in [6.07, 6.45) is -4.00. The molecule has 3 aromatic carbocycles. The lowest BCUT2D eigenvalue weighted by molar-refractivity contribution is -0.138. The van der Waals surface area contributed by atoms with Gasteiger partial charge in [-0.2, -0.15) is 13.2 Å². The first-order valence-electron chi connectivity index (χ1n) is 12.1. The van der Waals surface area contributed by atoms with Crippen LogP contribution in [0, 0.1) is 0 Å². The molecule has 0 radical (unpaired) electrons. The zero-order chi connectivity index (χ0) is 26.2. The lowest BCUT2D eigenvalue weighted by Gasteiger charge is -2.32. The van der Waals surface area contributed by atoms with Crippen LogP contribution >= 0.6 is 0 Å². The summed E-state index contributed by atoms with van der Waals surface area (Å²) in [6.45, 7) is 0.551. The Morgan fingerprint density at radius 3 is 2.05 bits per heavy atom.